The number of nitrogens with one attached hydrogen (secondary N) is 1. The standard InChI is InChI=1S/C18H22ClNO2S/c1-18(2,16-8-10-17(19)11-9-16)14-20-23(21,22)13-12-15-6-4-3-5-7-15/h3-11,20H,12-14H2,1-2H3. The van der Waals surface area contributed by atoms with Gasteiger partial charge in [0.1, 0.15) is 0 Å². The molecule has 3 nitrogen and oxygen atoms in total. The number of hydrogen-bond donors (Lipinski definition) is 1. The van der Waals surface area contributed by atoms with Crippen molar-refractivity contribution >= 4 is 21.6 Å². The molecule has 0 aliphatic carbocycles. The Bertz CT molecular complexity index is 725. The third kappa shape index (κ3) is 5.65. The molecule has 0 aliphatic heterocycles. The van der Waals surface area contributed by atoms with E-state index in [9.17, 15) is 8.42 Å². The van der Waals surface area contributed by atoms with Gasteiger partial charge in [0.25, 0.3) is 0 Å². The van der Waals surface area contributed by atoms with Crippen LogP contribution < -0.4 is 4.72 Å². The zero-order valence-electron chi connectivity index (χ0n) is 13.4. The van der Waals surface area contributed by atoms with E-state index in [-0.39, 0.29) is 11.2 Å². The fourth-order valence-electron chi connectivity index (χ4n) is 2.26. The molecular weight excluding hydrogens is 330 g/mol. The molecule has 124 valence electrons. The predicted octanol–water partition coefficient (Wildman–Crippen LogP) is 3.78. The van der Waals surface area contributed by atoms with Crippen molar-refractivity contribution in [3.8, 4) is 0 Å². The molecule has 2 aromatic carbocycles. The van der Waals surface area contributed by atoms with Gasteiger partial charge >= 0.3 is 0 Å². The highest BCUT2D eigenvalue weighted by atomic mass is 35.5. The van der Waals surface area contributed by atoms with Crippen LogP contribution in [0.3, 0.4) is 0 Å². The van der Waals surface area contributed by atoms with E-state index in [1.165, 1.54) is 0 Å². The largest absolute Gasteiger partial charge is 0.214 e. The highest BCUT2D eigenvalue weighted by molar-refractivity contribution is 7.89. The van der Waals surface area contributed by atoms with E-state index in [4.69, 9.17) is 11.6 Å². The fraction of sp³-hybridized carbons (Fsp3) is 0.333. The van der Waals surface area contributed by atoms with Gasteiger partial charge in [-0.1, -0.05) is 67.9 Å². The summed E-state index contributed by atoms with van der Waals surface area (Å²) < 4.78 is 27.1. The Labute approximate surface area is 143 Å². The smallest absolute Gasteiger partial charge is 0.211 e. The van der Waals surface area contributed by atoms with Gasteiger partial charge in [-0.15, -0.1) is 0 Å². The summed E-state index contributed by atoms with van der Waals surface area (Å²) in [5.74, 6) is 0.0910. The van der Waals surface area contributed by atoms with Crippen molar-refractivity contribution < 1.29 is 8.42 Å². The summed E-state index contributed by atoms with van der Waals surface area (Å²) in [6, 6.07) is 17.1. The molecule has 0 unspecified atom stereocenters. The Morgan fingerprint density at radius 2 is 1.61 bits per heavy atom. The lowest BCUT2D eigenvalue weighted by atomic mass is 9.85. The van der Waals surface area contributed by atoms with E-state index < -0.39 is 10.0 Å². The summed E-state index contributed by atoms with van der Waals surface area (Å²) in [4.78, 5) is 0. The average Bonchev–Trinajstić information content (AvgIpc) is 2.53. The molecule has 2 rings (SSSR count). The van der Waals surface area contributed by atoms with Crippen LogP contribution >= 0.6 is 11.6 Å². The summed E-state index contributed by atoms with van der Waals surface area (Å²) >= 11 is 5.90. The van der Waals surface area contributed by atoms with Gasteiger partial charge in [0.15, 0.2) is 0 Å². The molecule has 0 aromatic heterocycles. The molecule has 2 aromatic rings. The number of halogens is 1. The van der Waals surface area contributed by atoms with E-state index in [2.05, 4.69) is 4.72 Å². The SMILES string of the molecule is CC(C)(CNS(=O)(=O)CCc1ccccc1)c1ccc(Cl)cc1. The van der Waals surface area contributed by atoms with Gasteiger partial charge in [-0.2, -0.15) is 0 Å². The van der Waals surface area contributed by atoms with Crippen molar-refractivity contribution in [2.75, 3.05) is 12.3 Å². The average molecular weight is 352 g/mol. The number of benzene rings is 2. The maximum absolute atomic E-state index is 12.2. The maximum atomic E-state index is 12.2. The molecule has 0 bridgehead atoms. The van der Waals surface area contributed by atoms with Crippen molar-refractivity contribution in [1.29, 1.82) is 0 Å². The zero-order chi connectivity index (χ0) is 16.9. The second-order valence-electron chi connectivity index (χ2n) is 6.27. The van der Waals surface area contributed by atoms with Crippen molar-refractivity contribution in [2.45, 2.75) is 25.7 Å². The minimum atomic E-state index is -3.31. The first kappa shape index (κ1) is 18.0. The van der Waals surface area contributed by atoms with Crippen LogP contribution in [0.15, 0.2) is 54.6 Å². The molecule has 5 heteroatoms. The summed E-state index contributed by atoms with van der Waals surface area (Å²) in [7, 11) is -3.31. The monoisotopic (exact) mass is 351 g/mol. The van der Waals surface area contributed by atoms with Crippen molar-refractivity contribution in [3.05, 3.63) is 70.7 Å². The lowest BCUT2D eigenvalue weighted by molar-refractivity contribution is 0.501. The summed E-state index contributed by atoms with van der Waals surface area (Å²) in [5.41, 5.74) is 1.77. The quantitative estimate of drug-likeness (QED) is 0.825. The van der Waals surface area contributed by atoms with E-state index in [0.717, 1.165) is 11.1 Å². The van der Waals surface area contributed by atoms with E-state index >= 15 is 0 Å². The minimum Gasteiger partial charge on any atom is -0.214 e. The minimum absolute atomic E-state index is 0.0910. The molecule has 0 atom stereocenters. The molecule has 0 radical (unpaired) electrons. The van der Waals surface area contributed by atoms with Crippen LogP contribution in [0, 0.1) is 0 Å². The van der Waals surface area contributed by atoms with Crippen LogP contribution in [-0.2, 0) is 21.9 Å². The highest BCUT2D eigenvalue weighted by Crippen LogP contribution is 2.24. The van der Waals surface area contributed by atoms with Crippen LogP contribution in [0.25, 0.3) is 0 Å². The van der Waals surface area contributed by atoms with Crippen molar-refractivity contribution in [3.63, 3.8) is 0 Å². The number of rotatable bonds is 7. The number of aryl methyl sites for hydroxylation is 1. The summed E-state index contributed by atoms with van der Waals surface area (Å²) in [5, 5.41) is 0.674. The lowest BCUT2D eigenvalue weighted by Crippen LogP contribution is -2.38. The zero-order valence-corrected chi connectivity index (χ0v) is 15.0. The first-order valence-electron chi connectivity index (χ1n) is 7.56. The second-order valence-corrected chi connectivity index (χ2v) is 8.63. The first-order valence-corrected chi connectivity index (χ1v) is 9.59. The van der Waals surface area contributed by atoms with Crippen LogP contribution in [0.4, 0.5) is 0 Å². The molecule has 0 saturated carbocycles. The lowest BCUT2D eigenvalue weighted by Gasteiger charge is -2.25. The first-order chi connectivity index (χ1) is 10.8. The van der Waals surface area contributed by atoms with Gasteiger partial charge in [0.05, 0.1) is 5.75 Å². The molecule has 1 N–H and O–H groups in total. The molecule has 23 heavy (non-hydrogen) atoms. The topological polar surface area (TPSA) is 46.2 Å². The Balaban J connectivity index is 1.94. The molecule has 0 aliphatic rings. The Hall–Kier alpha value is -1.36. The van der Waals surface area contributed by atoms with Gasteiger partial charge in [-0.3, -0.25) is 0 Å². The third-order valence-electron chi connectivity index (χ3n) is 3.86. The van der Waals surface area contributed by atoms with E-state index in [1.807, 2.05) is 68.4 Å². The second kappa shape index (κ2) is 7.47. The fourth-order valence-corrected chi connectivity index (χ4v) is 3.62. The molecule has 0 fully saturated rings. The predicted molar refractivity (Wildman–Crippen MR) is 96.4 cm³/mol. The Morgan fingerprint density at radius 1 is 1.00 bits per heavy atom. The van der Waals surface area contributed by atoms with Crippen LogP contribution in [-0.4, -0.2) is 20.7 Å². The van der Waals surface area contributed by atoms with E-state index in [1.54, 1.807) is 0 Å². The maximum Gasteiger partial charge on any atom is 0.211 e. The summed E-state index contributed by atoms with van der Waals surface area (Å²) in [6.45, 7) is 4.37. The van der Waals surface area contributed by atoms with Gasteiger partial charge in [-0.05, 0) is 29.7 Å². The highest BCUT2D eigenvalue weighted by Gasteiger charge is 2.23. The molecule has 0 spiro atoms. The van der Waals surface area contributed by atoms with Gasteiger partial charge in [0, 0.05) is 17.0 Å². The van der Waals surface area contributed by atoms with Crippen LogP contribution in [0.5, 0.6) is 0 Å². The number of sulfonamides is 1. The van der Waals surface area contributed by atoms with Crippen LogP contribution in [0.2, 0.25) is 5.02 Å². The molecule has 0 saturated heterocycles. The molecule has 0 heterocycles. The van der Waals surface area contributed by atoms with E-state index in [0.29, 0.717) is 18.0 Å². The molecular formula is C18H22ClNO2S. The third-order valence-corrected chi connectivity index (χ3v) is 5.44. The van der Waals surface area contributed by atoms with Gasteiger partial charge in [-0.25, -0.2) is 13.1 Å². The van der Waals surface area contributed by atoms with Crippen LogP contribution in [0.1, 0.15) is 25.0 Å². The number of hydrogen-bond acceptors (Lipinski definition) is 2. The van der Waals surface area contributed by atoms with Crippen molar-refractivity contribution in [2.24, 2.45) is 0 Å². The van der Waals surface area contributed by atoms with Gasteiger partial charge < -0.3 is 0 Å². The van der Waals surface area contributed by atoms with Crippen molar-refractivity contribution in [1.82, 2.24) is 4.72 Å². The summed E-state index contributed by atoms with van der Waals surface area (Å²) in [6.07, 6.45) is 0.511. The Kier molecular flexibility index (Phi) is 5.84. The normalized spacial score (nSPS) is 12.3. The molecule has 0 amide bonds. The van der Waals surface area contributed by atoms with Gasteiger partial charge in [0.2, 0.25) is 10.0 Å². The Morgan fingerprint density at radius 3 is 2.22 bits per heavy atom.